The van der Waals surface area contributed by atoms with Crippen LogP contribution in [0.15, 0.2) is 30.5 Å². The van der Waals surface area contributed by atoms with Gasteiger partial charge in [-0.3, -0.25) is 0 Å². The fourth-order valence-corrected chi connectivity index (χ4v) is 1.80. The number of aromatic nitrogens is 1. The number of aliphatic hydroxyl groups is 1. The predicted octanol–water partition coefficient (Wildman–Crippen LogP) is 2.64. The zero-order valence-corrected chi connectivity index (χ0v) is 9.20. The van der Waals surface area contributed by atoms with Crippen LogP contribution in [0.25, 0.3) is 10.9 Å². The molecule has 2 rings (SSSR count). The normalized spacial score (nSPS) is 14.2. The molecule has 0 spiro atoms. The molecule has 5 heteroatoms. The third-order valence-electron chi connectivity index (χ3n) is 2.76. The van der Waals surface area contributed by atoms with Crippen LogP contribution in [0.1, 0.15) is 5.56 Å². The molecule has 2 nitrogen and oxygen atoms in total. The maximum Gasteiger partial charge on any atom is 0.414 e. The Kier molecular flexibility index (Phi) is 2.87. The molecule has 0 saturated heterocycles. The van der Waals surface area contributed by atoms with Gasteiger partial charge in [-0.05, 0) is 29.1 Å². The highest BCUT2D eigenvalue weighted by Crippen LogP contribution is 2.24. The minimum Gasteiger partial charge on any atom is -0.383 e. The van der Waals surface area contributed by atoms with E-state index in [0.717, 1.165) is 10.9 Å². The van der Waals surface area contributed by atoms with Crippen molar-refractivity contribution in [1.29, 1.82) is 0 Å². The van der Waals surface area contributed by atoms with E-state index in [1.54, 1.807) is 18.2 Å². The van der Waals surface area contributed by atoms with Gasteiger partial charge in [0.1, 0.15) is 0 Å². The Morgan fingerprint density at radius 2 is 2.00 bits per heavy atom. The Morgan fingerprint density at radius 1 is 1.29 bits per heavy atom. The lowest BCUT2D eigenvalue weighted by Crippen LogP contribution is -2.30. The van der Waals surface area contributed by atoms with Crippen LogP contribution >= 0.6 is 0 Å². The van der Waals surface area contributed by atoms with Gasteiger partial charge in [-0.2, -0.15) is 13.2 Å². The van der Waals surface area contributed by atoms with E-state index in [1.807, 2.05) is 23.9 Å². The summed E-state index contributed by atoms with van der Waals surface area (Å²) in [4.78, 5) is 0. The summed E-state index contributed by atoms with van der Waals surface area (Å²) in [5.74, 6) is 0. The maximum absolute atomic E-state index is 12.2. The van der Waals surface area contributed by atoms with Crippen molar-refractivity contribution in [1.82, 2.24) is 4.57 Å². The van der Waals surface area contributed by atoms with Crippen LogP contribution < -0.4 is 0 Å². The summed E-state index contributed by atoms with van der Waals surface area (Å²) in [6.07, 6.45) is -5.43. The van der Waals surface area contributed by atoms with Crippen molar-refractivity contribution in [2.45, 2.75) is 18.7 Å². The molecule has 0 radical (unpaired) electrons. The van der Waals surface area contributed by atoms with Gasteiger partial charge in [0.25, 0.3) is 0 Å². The topological polar surface area (TPSA) is 25.2 Å². The van der Waals surface area contributed by atoms with Gasteiger partial charge in [-0.1, -0.05) is 6.07 Å². The van der Waals surface area contributed by atoms with Gasteiger partial charge in [-0.25, -0.2) is 0 Å². The van der Waals surface area contributed by atoms with Gasteiger partial charge in [0.15, 0.2) is 6.10 Å². The van der Waals surface area contributed by atoms with Gasteiger partial charge < -0.3 is 9.67 Å². The molecular formula is C12H12F3NO. The van der Waals surface area contributed by atoms with Crippen molar-refractivity contribution in [3.63, 3.8) is 0 Å². The molecule has 17 heavy (non-hydrogen) atoms. The number of halogens is 3. The third-order valence-corrected chi connectivity index (χ3v) is 2.76. The van der Waals surface area contributed by atoms with E-state index in [0.29, 0.717) is 5.56 Å². The van der Waals surface area contributed by atoms with E-state index in [4.69, 9.17) is 5.11 Å². The molecule has 1 heterocycles. The minimum atomic E-state index is -4.56. The lowest BCUT2D eigenvalue weighted by atomic mass is 10.1. The van der Waals surface area contributed by atoms with E-state index in [-0.39, 0.29) is 0 Å². The lowest BCUT2D eigenvalue weighted by Gasteiger charge is -2.14. The number of aryl methyl sites for hydroxylation is 1. The summed E-state index contributed by atoms with van der Waals surface area (Å²) in [7, 11) is 1.87. The summed E-state index contributed by atoms with van der Waals surface area (Å²) >= 11 is 0. The SMILES string of the molecule is Cn1ccc2cc(CC(O)C(F)(F)F)ccc21. The first-order valence-electron chi connectivity index (χ1n) is 5.16. The average Bonchev–Trinajstić information content (AvgIpc) is 2.59. The van der Waals surface area contributed by atoms with Crippen LogP contribution in [0.2, 0.25) is 0 Å². The molecule has 92 valence electrons. The third kappa shape index (κ3) is 2.44. The van der Waals surface area contributed by atoms with Crippen LogP contribution in [-0.4, -0.2) is 22.0 Å². The summed E-state index contributed by atoms with van der Waals surface area (Å²) in [6.45, 7) is 0. The van der Waals surface area contributed by atoms with E-state index in [2.05, 4.69) is 0 Å². The van der Waals surface area contributed by atoms with Crippen molar-refractivity contribution in [3.05, 3.63) is 36.0 Å². The Balaban J connectivity index is 2.25. The molecule has 1 unspecified atom stereocenters. The van der Waals surface area contributed by atoms with E-state index < -0.39 is 18.7 Å². The zero-order valence-electron chi connectivity index (χ0n) is 9.20. The van der Waals surface area contributed by atoms with Crippen LogP contribution in [0.3, 0.4) is 0 Å². The second-order valence-electron chi connectivity index (χ2n) is 4.08. The highest BCUT2D eigenvalue weighted by molar-refractivity contribution is 5.80. The molecule has 1 aromatic heterocycles. The molecule has 1 aromatic carbocycles. The summed E-state index contributed by atoms with van der Waals surface area (Å²) in [6, 6.07) is 6.87. The predicted molar refractivity (Wildman–Crippen MR) is 58.7 cm³/mol. The van der Waals surface area contributed by atoms with Crippen molar-refractivity contribution in [3.8, 4) is 0 Å². The van der Waals surface area contributed by atoms with E-state index >= 15 is 0 Å². The molecule has 0 aliphatic heterocycles. The van der Waals surface area contributed by atoms with Crippen LogP contribution in [-0.2, 0) is 13.5 Å². The number of aliphatic hydroxyl groups excluding tert-OH is 1. The van der Waals surface area contributed by atoms with Gasteiger partial charge in [0.05, 0.1) is 0 Å². The van der Waals surface area contributed by atoms with Crippen molar-refractivity contribution >= 4 is 10.9 Å². The number of hydrogen-bond donors (Lipinski definition) is 1. The standard InChI is InChI=1S/C12H12F3NO/c1-16-5-4-9-6-8(2-3-10(9)16)7-11(17)12(13,14)15/h2-6,11,17H,7H2,1H3. The van der Waals surface area contributed by atoms with Crippen LogP contribution in [0.4, 0.5) is 13.2 Å². The fraction of sp³-hybridized carbons (Fsp3) is 0.333. The Labute approximate surface area is 96.3 Å². The summed E-state index contributed by atoms with van der Waals surface area (Å²) < 4.78 is 38.5. The molecule has 1 N–H and O–H groups in total. The van der Waals surface area contributed by atoms with Gasteiger partial charge in [-0.15, -0.1) is 0 Å². The highest BCUT2D eigenvalue weighted by atomic mass is 19.4. The largest absolute Gasteiger partial charge is 0.414 e. The van der Waals surface area contributed by atoms with Gasteiger partial charge >= 0.3 is 6.18 Å². The fourth-order valence-electron chi connectivity index (χ4n) is 1.80. The second-order valence-corrected chi connectivity index (χ2v) is 4.08. The maximum atomic E-state index is 12.2. The van der Waals surface area contributed by atoms with Crippen molar-refractivity contribution in [2.24, 2.45) is 7.05 Å². The minimum absolute atomic E-state index is 0.408. The molecule has 0 saturated carbocycles. The van der Waals surface area contributed by atoms with E-state index in [9.17, 15) is 13.2 Å². The first-order valence-corrected chi connectivity index (χ1v) is 5.16. The Hall–Kier alpha value is -1.49. The monoisotopic (exact) mass is 243 g/mol. The first kappa shape index (κ1) is 12.0. The molecule has 0 aliphatic carbocycles. The van der Waals surface area contributed by atoms with Gasteiger partial charge in [0.2, 0.25) is 0 Å². The number of fused-ring (bicyclic) bond motifs is 1. The molecule has 0 fully saturated rings. The number of alkyl halides is 3. The average molecular weight is 243 g/mol. The molecule has 2 aromatic rings. The lowest BCUT2D eigenvalue weighted by molar-refractivity contribution is -0.203. The Bertz CT molecular complexity index is 530. The Morgan fingerprint density at radius 3 is 2.65 bits per heavy atom. The molecule has 1 atom stereocenters. The van der Waals surface area contributed by atoms with Crippen LogP contribution in [0.5, 0.6) is 0 Å². The summed E-state index contributed by atoms with van der Waals surface area (Å²) in [5.41, 5.74) is 1.43. The quantitative estimate of drug-likeness (QED) is 0.861. The smallest absolute Gasteiger partial charge is 0.383 e. The molecule has 0 amide bonds. The molecule has 0 aliphatic rings. The highest BCUT2D eigenvalue weighted by Gasteiger charge is 2.37. The zero-order chi connectivity index (χ0) is 12.6. The first-order chi connectivity index (χ1) is 7.88. The number of benzene rings is 1. The number of rotatable bonds is 2. The summed E-state index contributed by atoms with van der Waals surface area (Å²) in [5, 5.41) is 9.86. The number of nitrogens with zero attached hydrogens (tertiary/aromatic N) is 1. The molecular weight excluding hydrogens is 231 g/mol. The van der Waals surface area contributed by atoms with Crippen molar-refractivity contribution in [2.75, 3.05) is 0 Å². The van der Waals surface area contributed by atoms with Gasteiger partial charge in [0, 0.05) is 25.2 Å². The molecule has 0 bridgehead atoms. The number of hydrogen-bond acceptors (Lipinski definition) is 1. The van der Waals surface area contributed by atoms with Crippen molar-refractivity contribution < 1.29 is 18.3 Å². The second kappa shape index (κ2) is 4.07. The van der Waals surface area contributed by atoms with Crippen LogP contribution in [0, 0.1) is 0 Å². The van der Waals surface area contributed by atoms with E-state index in [1.165, 1.54) is 0 Å².